The number of aromatic nitrogens is 2. The first-order valence-corrected chi connectivity index (χ1v) is 7.95. The Morgan fingerprint density at radius 3 is 2.52 bits per heavy atom. The molecule has 5 nitrogen and oxygen atoms in total. The normalized spacial score (nSPS) is 18.1. The molecular weight excluding hydrogens is 337 g/mol. The summed E-state index contributed by atoms with van der Waals surface area (Å²) in [6.07, 6.45) is 0.164. The van der Waals surface area contributed by atoms with Crippen molar-refractivity contribution in [2.45, 2.75) is 26.8 Å². The van der Waals surface area contributed by atoms with Crippen LogP contribution < -0.4 is 4.90 Å². The van der Waals surface area contributed by atoms with Gasteiger partial charge in [-0.25, -0.2) is 0 Å². The Morgan fingerprint density at radius 1 is 1.17 bits per heavy atom. The van der Waals surface area contributed by atoms with Crippen molar-refractivity contribution in [3.63, 3.8) is 0 Å². The molecule has 0 aliphatic carbocycles. The van der Waals surface area contributed by atoms with E-state index in [1.54, 1.807) is 16.8 Å². The summed E-state index contributed by atoms with van der Waals surface area (Å²) in [7, 11) is 0. The van der Waals surface area contributed by atoms with Gasteiger partial charge in [-0.3, -0.25) is 19.2 Å². The third kappa shape index (κ3) is 2.99. The molecule has 1 fully saturated rings. The highest BCUT2D eigenvalue weighted by Gasteiger charge is 2.40. The standard InChI is InChI=1S/C16H15Cl2N3O2/c1-9-5-10(2)20(19-9)8-11-6-15(22)21(16(11)23)12-3-4-13(17)14(18)7-12/h3-5,7,11H,6,8H2,1-2H3/t11-/m0/s1. The summed E-state index contributed by atoms with van der Waals surface area (Å²) >= 11 is 11.9. The van der Waals surface area contributed by atoms with Crippen LogP contribution in [0.2, 0.25) is 10.0 Å². The fourth-order valence-corrected chi connectivity index (χ4v) is 3.09. The number of benzene rings is 1. The number of imide groups is 1. The maximum atomic E-state index is 12.6. The van der Waals surface area contributed by atoms with Crippen molar-refractivity contribution in [3.05, 3.63) is 45.7 Å². The third-order valence-corrected chi connectivity index (χ3v) is 4.64. The van der Waals surface area contributed by atoms with E-state index >= 15 is 0 Å². The highest BCUT2D eigenvalue weighted by atomic mass is 35.5. The second-order valence-electron chi connectivity index (χ2n) is 5.68. The Bertz CT molecular complexity index is 801. The highest BCUT2D eigenvalue weighted by Crippen LogP contribution is 2.32. The lowest BCUT2D eigenvalue weighted by molar-refractivity contribution is -0.122. The molecule has 0 spiro atoms. The predicted molar refractivity (Wildman–Crippen MR) is 88.8 cm³/mol. The van der Waals surface area contributed by atoms with E-state index in [0.29, 0.717) is 22.3 Å². The summed E-state index contributed by atoms with van der Waals surface area (Å²) in [6, 6.07) is 6.67. The van der Waals surface area contributed by atoms with E-state index in [0.717, 1.165) is 11.4 Å². The van der Waals surface area contributed by atoms with E-state index in [4.69, 9.17) is 23.2 Å². The topological polar surface area (TPSA) is 55.2 Å². The second-order valence-corrected chi connectivity index (χ2v) is 6.49. The molecule has 1 aliphatic heterocycles. The molecule has 2 heterocycles. The molecule has 3 rings (SSSR count). The number of nitrogens with zero attached hydrogens (tertiary/aromatic N) is 3. The van der Waals surface area contributed by atoms with Gasteiger partial charge in [-0.15, -0.1) is 0 Å². The molecule has 0 saturated carbocycles. The highest BCUT2D eigenvalue weighted by molar-refractivity contribution is 6.42. The largest absolute Gasteiger partial charge is 0.274 e. The molecule has 23 heavy (non-hydrogen) atoms. The van der Waals surface area contributed by atoms with Crippen LogP contribution in [0.1, 0.15) is 17.8 Å². The van der Waals surface area contributed by atoms with Crippen molar-refractivity contribution in [1.29, 1.82) is 0 Å². The van der Waals surface area contributed by atoms with Crippen molar-refractivity contribution in [3.8, 4) is 0 Å². The molecule has 0 bridgehead atoms. The van der Waals surface area contributed by atoms with Crippen molar-refractivity contribution in [2.24, 2.45) is 5.92 Å². The molecule has 0 N–H and O–H groups in total. The zero-order chi connectivity index (χ0) is 16.7. The first-order chi connectivity index (χ1) is 10.9. The van der Waals surface area contributed by atoms with Crippen molar-refractivity contribution >= 4 is 40.7 Å². The lowest BCUT2D eigenvalue weighted by atomic mass is 10.1. The Labute approximate surface area is 143 Å². The van der Waals surface area contributed by atoms with E-state index in [9.17, 15) is 9.59 Å². The average molecular weight is 352 g/mol. The number of carbonyl (C=O) groups is 2. The summed E-state index contributed by atoms with van der Waals surface area (Å²) < 4.78 is 1.77. The van der Waals surface area contributed by atoms with Crippen LogP contribution in [0.15, 0.2) is 24.3 Å². The SMILES string of the molecule is Cc1cc(C)n(C[C@@H]2CC(=O)N(c3ccc(Cl)c(Cl)c3)C2=O)n1. The fraction of sp³-hybridized carbons (Fsp3) is 0.312. The minimum Gasteiger partial charge on any atom is -0.274 e. The van der Waals surface area contributed by atoms with Gasteiger partial charge in [0.1, 0.15) is 0 Å². The van der Waals surface area contributed by atoms with Crippen molar-refractivity contribution in [1.82, 2.24) is 9.78 Å². The van der Waals surface area contributed by atoms with Gasteiger partial charge >= 0.3 is 0 Å². The van der Waals surface area contributed by atoms with Gasteiger partial charge in [0, 0.05) is 12.1 Å². The van der Waals surface area contributed by atoms with Gasteiger partial charge in [0.25, 0.3) is 0 Å². The zero-order valence-corrected chi connectivity index (χ0v) is 14.2. The molecule has 1 aliphatic rings. The monoisotopic (exact) mass is 351 g/mol. The van der Waals surface area contributed by atoms with Crippen LogP contribution in [0.4, 0.5) is 5.69 Å². The van der Waals surface area contributed by atoms with Crippen LogP contribution in [0, 0.1) is 19.8 Å². The third-order valence-electron chi connectivity index (χ3n) is 3.90. The van der Waals surface area contributed by atoms with Crippen molar-refractivity contribution < 1.29 is 9.59 Å². The van der Waals surface area contributed by atoms with E-state index in [-0.39, 0.29) is 18.2 Å². The minimum absolute atomic E-state index is 0.164. The molecular formula is C16H15Cl2N3O2. The smallest absolute Gasteiger partial charge is 0.239 e. The van der Waals surface area contributed by atoms with Gasteiger partial charge in [-0.2, -0.15) is 5.10 Å². The van der Waals surface area contributed by atoms with Crippen molar-refractivity contribution in [2.75, 3.05) is 4.90 Å². The number of halogens is 2. The van der Waals surface area contributed by atoms with E-state index in [1.807, 2.05) is 19.9 Å². The van der Waals surface area contributed by atoms with Gasteiger partial charge in [-0.05, 0) is 38.1 Å². The van der Waals surface area contributed by atoms with E-state index in [2.05, 4.69) is 5.10 Å². The Morgan fingerprint density at radius 2 is 1.91 bits per heavy atom. The maximum absolute atomic E-state index is 12.6. The van der Waals surface area contributed by atoms with Gasteiger partial charge in [0.2, 0.25) is 11.8 Å². The molecule has 7 heteroatoms. The fourth-order valence-electron chi connectivity index (χ4n) is 2.80. The van der Waals surface area contributed by atoms with Crippen LogP contribution in [0.3, 0.4) is 0 Å². The number of amides is 2. The first-order valence-electron chi connectivity index (χ1n) is 7.19. The second kappa shape index (κ2) is 5.98. The number of rotatable bonds is 3. The Balaban J connectivity index is 1.85. The van der Waals surface area contributed by atoms with Crippen LogP contribution in [-0.4, -0.2) is 21.6 Å². The summed E-state index contributed by atoms with van der Waals surface area (Å²) in [6.45, 7) is 4.22. The van der Waals surface area contributed by atoms with E-state index < -0.39 is 5.92 Å². The number of carbonyl (C=O) groups excluding carboxylic acids is 2. The zero-order valence-electron chi connectivity index (χ0n) is 12.7. The summed E-state index contributed by atoms with van der Waals surface area (Å²) in [5.41, 5.74) is 2.31. The van der Waals surface area contributed by atoms with Crippen LogP contribution in [0.25, 0.3) is 0 Å². The molecule has 120 valence electrons. The number of hydrogen-bond donors (Lipinski definition) is 0. The van der Waals surface area contributed by atoms with Crippen LogP contribution in [0.5, 0.6) is 0 Å². The molecule has 0 unspecified atom stereocenters. The first kappa shape index (κ1) is 16.0. The maximum Gasteiger partial charge on any atom is 0.239 e. The van der Waals surface area contributed by atoms with Gasteiger partial charge < -0.3 is 0 Å². The lowest BCUT2D eigenvalue weighted by Crippen LogP contribution is -2.31. The number of hydrogen-bond acceptors (Lipinski definition) is 3. The molecule has 1 atom stereocenters. The molecule has 2 amide bonds. The number of aryl methyl sites for hydroxylation is 2. The molecule has 2 aromatic rings. The molecule has 1 aromatic carbocycles. The Kier molecular flexibility index (Phi) is 4.17. The minimum atomic E-state index is -0.421. The molecule has 1 aromatic heterocycles. The number of anilines is 1. The van der Waals surface area contributed by atoms with Gasteiger partial charge in [-0.1, -0.05) is 23.2 Å². The average Bonchev–Trinajstić information content (AvgIpc) is 2.93. The predicted octanol–water partition coefficient (Wildman–Crippen LogP) is 3.39. The van der Waals surface area contributed by atoms with Crippen LogP contribution >= 0.6 is 23.2 Å². The lowest BCUT2D eigenvalue weighted by Gasteiger charge is -2.16. The summed E-state index contributed by atoms with van der Waals surface area (Å²) in [4.78, 5) is 26.1. The summed E-state index contributed by atoms with van der Waals surface area (Å²) in [5.74, 6) is -0.893. The Hall–Kier alpha value is -1.85. The summed E-state index contributed by atoms with van der Waals surface area (Å²) in [5, 5.41) is 5.05. The molecule has 1 saturated heterocycles. The molecule has 0 radical (unpaired) electrons. The van der Waals surface area contributed by atoms with Crippen LogP contribution in [-0.2, 0) is 16.1 Å². The van der Waals surface area contributed by atoms with Gasteiger partial charge in [0.05, 0.1) is 33.9 Å². The van der Waals surface area contributed by atoms with E-state index in [1.165, 1.54) is 11.0 Å². The van der Waals surface area contributed by atoms with Gasteiger partial charge in [0.15, 0.2) is 0 Å². The quantitative estimate of drug-likeness (QED) is 0.796.